The molecule has 36 heavy (non-hydrogen) atoms. The number of unbranched alkanes of at least 4 members (excludes halogenated alkanes) is 12. The maximum absolute atomic E-state index is 12.2. The van der Waals surface area contributed by atoms with Gasteiger partial charge in [0.05, 0.1) is 6.54 Å². The fraction of sp³-hybridized carbons (Fsp3) is 0.828. The van der Waals surface area contributed by atoms with E-state index in [1.54, 1.807) is 20.8 Å². The number of carbonyl (C=O) groups is 3. The minimum atomic E-state index is -1.15. The van der Waals surface area contributed by atoms with E-state index in [2.05, 4.69) is 6.92 Å². The largest absolute Gasteiger partial charge is 0.477 e. The Balaban J connectivity index is 4.96. The fourth-order valence-electron chi connectivity index (χ4n) is 5.67. The van der Waals surface area contributed by atoms with Crippen LogP contribution in [0.3, 0.4) is 0 Å². The molecule has 7 nitrogen and oxygen atoms in total. The van der Waals surface area contributed by atoms with Crippen molar-refractivity contribution in [3.05, 3.63) is 12.2 Å². The predicted octanol–water partition coefficient (Wildman–Crippen LogP) is 7.04. The van der Waals surface area contributed by atoms with Gasteiger partial charge in [0.2, 0.25) is 0 Å². The van der Waals surface area contributed by atoms with Crippen LogP contribution in [0.15, 0.2) is 12.2 Å². The smallest absolute Gasteiger partial charge is 0.362 e. The molecule has 0 saturated carbocycles. The van der Waals surface area contributed by atoms with Crippen LogP contribution in [0, 0.1) is 0 Å². The summed E-state index contributed by atoms with van der Waals surface area (Å²) in [5.74, 6) is -3.44. The number of carboxylic acid groups (broad SMARTS) is 3. The highest BCUT2D eigenvalue weighted by Gasteiger charge is 2.55. The van der Waals surface area contributed by atoms with Crippen molar-refractivity contribution in [1.29, 1.82) is 0 Å². The van der Waals surface area contributed by atoms with E-state index < -0.39 is 40.5 Å². The van der Waals surface area contributed by atoms with E-state index in [-0.39, 0.29) is 25.8 Å². The Morgan fingerprint density at radius 2 is 0.889 bits per heavy atom. The van der Waals surface area contributed by atoms with Crippen molar-refractivity contribution < 1.29 is 34.2 Å². The molecule has 210 valence electrons. The summed E-state index contributed by atoms with van der Waals surface area (Å²) in [6.45, 7) is 7.38. The fourth-order valence-corrected chi connectivity index (χ4v) is 5.67. The van der Waals surface area contributed by atoms with Crippen LogP contribution < -0.4 is 0 Å². The molecule has 0 radical (unpaired) electrons. The van der Waals surface area contributed by atoms with E-state index in [1.165, 1.54) is 64.2 Å². The number of carboxylic acids is 3. The van der Waals surface area contributed by atoms with Gasteiger partial charge in [-0.2, -0.15) is 0 Å². The van der Waals surface area contributed by atoms with E-state index in [0.717, 1.165) is 19.3 Å². The first-order valence-corrected chi connectivity index (χ1v) is 14.4. The molecular weight excluding hydrogens is 458 g/mol. The zero-order chi connectivity index (χ0) is 27.4. The summed E-state index contributed by atoms with van der Waals surface area (Å²) in [5, 5.41) is 29.9. The molecule has 0 amide bonds. The third-order valence-corrected chi connectivity index (χ3v) is 7.57. The summed E-state index contributed by atoms with van der Waals surface area (Å²) >= 11 is 0. The molecule has 0 aliphatic heterocycles. The Morgan fingerprint density at radius 1 is 0.556 bits per heavy atom. The maximum atomic E-state index is 12.2. The highest BCUT2D eigenvalue weighted by atomic mass is 16.4. The van der Waals surface area contributed by atoms with Gasteiger partial charge < -0.3 is 15.3 Å². The molecule has 0 aromatic rings. The molecule has 0 aliphatic rings. The highest BCUT2D eigenvalue weighted by Crippen LogP contribution is 2.31. The van der Waals surface area contributed by atoms with Crippen molar-refractivity contribution in [2.75, 3.05) is 6.54 Å². The van der Waals surface area contributed by atoms with Crippen molar-refractivity contribution >= 4 is 17.9 Å². The summed E-state index contributed by atoms with van der Waals surface area (Å²) in [4.78, 5) is 36.6. The van der Waals surface area contributed by atoms with Crippen LogP contribution in [0.2, 0.25) is 0 Å². The normalized spacial score (nSPS) is 15.9. The summed E-state index contributed by atoms with van der Waals surface area (Å²) in [7, 11) is 0. The molecule has 3 N–H and O–H groups in total. The lowest BCUT2D eigenvalue weighted by Crippen LogP contribution is -2.72. The number of aliphatic carboxylic acids is 3. The van der Waals surface area contributed by atoms with Crippen LogP contribution in [0.4, 0.5) is 0 Å². The molecular formula is C29H54NO6+. The zero-order valence-electron chi connectivity index (χ0n) is 23.4. The molecule has 0 spiro atoms. The SMILES string of the molecule is CCCCCCCCCCCCCC/C=C/C[N+](C(CC)C(=O)O)(C(CC)C(=O)O)C(CC)C(=O)O. The Bertz CT molecular complexity index is 593. The van der Waals surface area contributed by atoms with Crippen LogP contribution in [0.1, 0.15) is 130 Å². The van der Waals surface area contributed by atoms with Gasteiger partial charge in [0.1, 0.15) is 0 Å². The average Bonchev–Trinajstić information content (AvgIpc) is 2.82. The van der Waals surface area contributed by atoms with Crippen LogP contribution in [0.5, 0.6) is 0 Å². The quantitative estimate of drug-likeness (QED) is 0.0726. The summed E-state index contributed by atoms with van der Waals surface area (Å²) in [6, 6.07) is -3.32. The lowest BCUT2D eigenvalue weighted by atomic mass is 9.94. The minimum Gasteiger partial charge on any atom is -0.477 e. The van der Waals surface area contributed by atoms with Gasteiger partial charge in [-0.05, 0) is 18.9 Å². The van der Waals surface area contributed by atoms with Crippen LogP contribution in [0.25, 0.3) is 0 Å². The van der Waals surface area contributed by atoms with E-state index in [0.29, 0.717) is 0 Å². The standard InChI is InChI=1S/C29H53NO6/c1-5-9-10-11-12-13-14-15-16-17-18-19-20-21-22-23-30(24(6-2)27(31)32,25(7-3)28(33)34)26(8-4)29(35)36/h21-22,24-26H,5-20,23H2,1-4H3,(H2-,31,32,33,34,35,36)/p+1/b22-21+. The van der Waals surface area contributed by atoms with E-state index in [4.69, 9.17) is 0 Å². The first kappa shape index (κ1) is 34.1. The molecule has 3 atom stereocenters. The number of hydrogen-bond donors (Lipinski definition) is 3. The molecule has 0 saturated heterocycles. The maximum Gasteiger partial charge on any atom is 0.362 e. The Hall–Kier alpha value is -1.89. The lowest BCUT2D eigenvalue weighted by molar-refractivity contribution is -0.968. The van der Waals surface area contributed by atoms with Gasteiger partial charge in [-0.15, -0.1) is 0 Å². The van der Waals surface area contributed by atoms with Gasteiger partial charge in [-0.1, -0.05) is 104 Å². The predicted molar refractivity (Wildman–Crippen MR) is 145 cm³/mol. The second-order valence-corrected chi connectivity index (χ2v) is 10.1. The third kappa shape index (κ3) is 11.4. The molecule has 0 aliphatic carbocycles. The number of nitrogens with zero attached hydrogens (tertiary/aromatic N) is 1. The van der Waals surface area contributed by atoms with Gasteiger partial charge in [-0.3, -0.25) is 4.48 Å². The molecule has 0 bridgehead atoms. The topological polar surface area (TPSA) is 112 Å². The first-order valence-electron chi connectivity index (χ1n) is 14.4. The monoisotopic (exact) mass is 512 g/mol. The van der Waals surface area contributed by atoms with E-state index in [1.807, 2.05) is 12.2 Å². The highest BCUT2D eigenvalue weighted by molar-refractivity contribution is 5.78. The van der Waals surface area contributed by atoms with E-state index in [9.17, 15) is 29.7 Å². The zero-order valence-corrected chi connectivity index (χ0v) is 23.4. The van der Waals surface area contributed by atoms with Gasteiger partial charge >= 0.3 is 17.9 Å². The Morgan fingerprint density at radius 3 is 1.19 bits per heavy atom. The second kappa shape index (κ2) is 20.2. The number of allylic oxidation sites excluding steroid dienone is 1. The Kier molecular flexibility index (Phi) is 19.1. The van der Waals surface area contributed by atoms with E-state index >= 15 is 0 Å². The summed E-state index contributed by atoms with van der Waals surface area (Å²) in [5.41, 5.74) is 0. The van der Waals surface area contributed by atoms with Gasteiger partial charge in [0, 0.05) is 19.3 Å². The molecule has 7 heteroatoms. The van der Waals surface area contributed by atoms with Crippen LogP contribution in [-0.2, 0) is 14.4 Å². The summed E-state index contributed by atoms with van der Waals surface area (Å²) < 4.78 is -0.488. The van der Waals surface area contributed by atoms with Crippen LogP contribution >= 0.6 is 0 Å². The first-order chi connectivity index (χ1) is 17.2. The minimum absolute atomic E-state index is 0.0820. The van der Waals surface area contributed by atoms with Crippen molar-refractivity contribution in [3.8, 4) is 0 Å². The molecule has 0 aromatic carbocycles. The Labute approximate surface area is 219 Å². The van der Waals surface area contributed by atoms with Crippen molar-refractivity contribution in [2.45, 2.75) is 149 Å². The van der Waals surface area contributed by atoms with Crippen molar-refractivity contribution in [1.82, 2.24) is 0 Å². The number of rotatable bonds is 24. The second-order valence-electron chi connectivity index (χ2n) is 10.1. The van der Waals surface area contributed by atoms with Gasteiger partial charge in [0.15, 0.2) is 18.1 Å². The number of quaternary nitrogens is 1. The molecule has 0 heterocycles. The van der Waals surface area contributed by atoms with Crippen molar-refractivity contribution in [3.63, 3.8) is 0 Å². The molecule has 0 fully saturated rings. The van der Waals surface area contributed by atoms with Gasteiger partial charge in [-0.25, -0.2) is 14.4 Å². The molecule has 3 unspecified atom stereocenters. The average molecular weight is 513 g/mol. The number of hydrogen-bond acceptors (Lipinski definition) is 3. The lowest BCUT2D eigenvalue weighted by Gasteiger charge is -2.49. The van der Waals surface area contributed by atoms with Gasteiger partial charge in [0.25, 0.3) is 0 Å². The van der Waals surface area contributed by atoms with Crippen LogP contribution in [-0.4, -0.2) is 62.4 Å². The van der Waals surface area contributed by atoms with Crippen molar-refractivity contribution in [2.24, 2.45) is 0 Å². The molecule has 0 aromatic heterocycles. The summed E-state index contributed by atoms with van der Waals surface area (Å²) in [6.07, 6.45) is 20.4. The third-order valence-electron chi connectivity index (χ3n) is 7.57. The molecule has 0 rings (SSSR count).